The number of aliphatic hydroxyl groups is 2. The number of hydrogen-bond donors (Lipinski definition) is 3. The molecular weight excluding hydrogens is 803 g/mol. The van der Waals surface area contributed by atoms with Gasteiger partial charge in [0.1, 0.15) is 0 Å². The molecule has 386 valence electrons. The monoisotopic (exact) mass is 918 g/mol. The highest BCUT2D eigenvalue weighted by Crippen LogP contribution is 2.17. The molecule has 0 rings (SSSR count). The molecule has 0 aromatic carbocycles. The Kier molecular flexibility index (Phi) is 54.0. The van der Waals surface area contributed by atoms with E-state index in [2.05, 4.69) is 19.2 Å². The smallest absolute Gasteiger partial charge is 0.305 e. The van der Waals surface area contributed by atoms with Gasteiger partial charge >= 0.3 is 5.97 Å². The highest BCUT2D eigenvalue weighted by Gasteiger charge is 2.18. The second-order valence-corrected chi connectivity index (χ2v) is 20.3. The second kappa shape index (κ2) is 55.2. The number of nitrogens with one attached hydrogen (secondary N) is 1. The average molecular weight is 919 g/mol. The lowest BCUT2D eigenvalue weighted by atomic mass is 10.0. The Labute approximate surface area is 406 Å². The van der Waals surface area contributed by atoms with Gasteiger partial charge in [-0.1, -0.05) is 296 Å². The summed E-state index contributed by atoms with van der Waals surface area (Å²) in [7, 11) is 0. The molecule has 6 nitrogen and oxygen atoms in total. The number of amides is 1. The minimum absolute atomic E-state index is 0.00183. The highest BCUT2D eigenvalue weighted by molar-refractivity contribution is 5.76. The molecule has 0 saturated carbocycles. The van der Waals surface area contributed by atoms with Gasteiger partial charge in [-0.15, -0.1) is 0 Å². The number of unbranched alkanes of at least 4 members (excludes halogenated alkanes) is 44. The summed E-state index contributed by atoms with van der Waals surface area (Å²) in [5.74, 6) is -0.0712. The predicted octanol–water partition coefficient (Wildman–Crippen LogP) is 18.1. The molecule has 0 spiro atoms. The summed E-state index contributed by atoms with van der Waals surface area (Å²) in [6, 6.07) is -0.634. The molecule has 0 aliphatic rings. The fourth-order valence-corrected chi connectivity index (χ4v) is 9.28. The fraction of sp³-hybridized carbons (Fsp3) is 0.932. The SMILES string of the molecule is CCCCCCCCCCCCCCCCCCCC/C=C/C(O)C(CO)NC(=O)CCCCCCCCCCCCCCCCCOC(=O)CCCCCCCCCCCCCCC. The second-order valence-electron chi connectivity index (χ2n) is 20.3. The predicted molar refractivity (Wildman–Crippen MR) is 283 cm³/mol. The van der Waals surface area contributed by atoms with Crippen LogP contribution in [0.5, 0.6) is 0 Å². The van der Waals surface area contributed by atoms with Crippen molar-refractivity contribution in [2.24, 2.45) is 0 Å². The third kappa shape index (κ3) is 51.8. The first-order valence-electron chi connectivity index (χ1n) is 29.5. The van der Waals surface area contributed by atoms with Crippen LogP contribution in [0.25, 0.3) is 0 Å². The summed E-state index contributed by atoms with van der Waals surface area (Å²) < 4.78 is 5.47. The minimum atomic E-state index is -0.850. The van der Waals surface area contributed by atoms with Crippen LogP contribution >= 0.6 is 0 Å². The van der Waals surface area contributed by atoms with Crippen molar-refractivity contribution in [3.63, 3.8) is 0 Å². The van der Waals surface area contributed by atoms with Crippen LogP contribution in [0.4, 0.5) is 0 Å². The molecule has 0 aromatic rings. The van der Waals surface area contributed by atoms with Crippen molar-refractivity contribution in [1.29, 1.82) is 0 Å². The Bertz CT molecular complexity index is 970. The van der Waals surface area contributed by atoms with Crippen molar-refractivity contribution in [3.8, 4) is 0 Å². The standard InChI is InChI=1S/C59H115NO5/c1-3-5-7-9-11-13-15-17-18-19-20-21-22-24-28-31-35-39-43-47-51-57(62)56(55-61)60-58(63)52-48-44-40-36-32-29-25-23-26-30-34-38-42-46-50-54-65-59(64)53-49-45-41-37-33-27-16-14-12-10-8-6-4-2/h47,51,56-57,61-62H,3-46,48-50,52-55H2,1-2H3,(H,60,63)/b51-47+. The molecule has 6 heteroatoms. The van der Waals surface area contributed by atoms with Gasteiger partial charge in [0.15, 0.2) is 0 Å². The molecule has 0 bridgehead atoms. The molecule has 3 N–H and O–H groups in total. The summed E-state index contributed by atoms with van der Waals surface area (Å²) in [6.45, 7) is 4.91. The number of ether oxygens (including phenoxy) is 1. The number of carbonyl (C=O) groups excluding carboxylic acids is 2. The minimum Gasteiger partial charge on any atom is -0.466 e. The maximum atomic E-state index is 12.5. The highest BCUT2D eigenvalue weighted by atomic mass is 16.5. The number of esters is 1. The zero-order valence-corrected chi connectivity index (χ0v) is 44.0. The van der Waals surface area contributed by atoms with E-state index in [0.717, 1.165) is 44.9 Å². The molecule has 2 unspecified atom stereocenters. The Morgan fingerprint density at radius 2 is 0.708 bits per heavy atom. The van der Waals surface area contributed by atoms with E-state index in [4.69, 9.17) is 4.74 Å². The lowest BCUT2D eigenvalue weighted by Crippen LogP contribution is -2.45. The Morgan fingerprint density at radius 3 is 1.05 bits per heavy atom. The molecule has 1 amide bonds. The van der Waals surface area contributed by atoms with E-state index in [1.807, 2.05) is 6.08 Å². The fourth-order valence-electron chi connectivity index (χ4n) is 9.28. The quantitative estimate of drug-likeness (QED) is 0.0321. The molecule has 65 heavy (non-hydrogen) atoms. The number of allylic oxidation sites excluding steroid dienone is 1. The largest absolute Gasteiger partial charge is 0.466 e. The van der Waals surface area contributed by atoms with Crippen molar-refractivity contribution in [2.45, 2.75) is 341 Å². The van der Waals surface area contributed by atoms with Gasteiger partial charge in [-0.3, -0.25) is 9.59 Å². The molecule has 0 fully saturated rings. The number of hydrogen-bond acceptors (Lipinski definition) is 5. The topological polar surface area (TPSA) is 95.9 Å². The number of carbonyl (C=O) groups is 2. The van der Waals surface area contributed by atoms with Gasteiger partial charge < -0.3 is 20.3 Å². The summed E-state index contributed by atoms with van der Waals surface area (Å²) >= 11 is 0. The molecule has 2 atom stereocenters. The summed E-state index contributed by atoms with van der Waals surface area (Å²) in [6.07, 6.45) is 65.1. The van der Waals surface area contributed by atoms with Crippen molar-refractivity contribution in [1.82, 2.24) is 5.32 Å². The van der Waals surface area contributed by atoms with Gasteiger partial charge in [-0.05, 0) is 32.1 Å². The van der Waals surface area contributed by atoms with Gasteiger partial charge in [0.25, 0.3) is 0 Å². The van der Waals surface area contributed by atoms with Crippen LogP contribution in [0, 0.1) is 0 Å². The first kappa shape index (κ1) is 63.6. The van der Waals surface area contributed by atoms with E-state index in [1.165, 1.54) is 257 Å². The Morgan fingerprint density at radius 1 is 0.415 bits per heavy atom. The van der Waals surface area contributed by atoms with E-state index >= 15 is 0 Å². The van der Waals surface area contributed by atoms with Crippen molar-refractivity contribution < 1.29 is 24.5 Å². The zero-order chi connectivity index (χ0) is 47.2. The van der Waals surface area contributed by atoms with Gasteiger partial charge in [0.2, 0.25) is 5.91 Å². The molecule has 0 saturated heterocycles. The van der Waals surface area contributed by atoms with Crippen molar-refractivity contribution >= 4 is 11.9 Å². The van der Waals surface area contributed by atoms with Crippen LogP contribution in [0.2, 0.25) is 0 Å². The van der Waals surface area contributed by atoms with E-state index in [1.54, 1.807) is 6.08 Å². The summed E-state index contributed by atoms with van der Waals surface area (Å²) in [5.41, 5.74) is 0. The molecular formula is C59H115NO5. The van der Waals surface area contributed by atoms with E-state index < -0.39 is 12.1 Å². The van der Waals surface area contributed by atoms with Crippen LogP contribution in [0.3, 0.4) is 0 Å². The van der Waals surface area contributed by atoms with Crippen LogP contribution in [0.1, 0.15) is 328 Å². The average Bonchev–Trinajstić information content (AvgIpc) is 3.31. The van der Waals surface area contributed by atoms with Gasteiger partial charge in [-0.2, -0.15) is 0 Å². The molecule has 0 heterocycles. The Balaban J connectivity index is 3.46. The maximum Gasteiger partial charge on any atom is 0.305 e. The summed E-state index contributed by atoms with van der Waals surface area (Å²) in [4.78, 5) is 24.5. The zero-order valence-electron chi connectivity index (χ0n) is 44.0. The lowest BCUT2D eigenvalue weighted by Gasteiger charge is -2.20. The normalized spacial score (nSPS) is 12.6. The van der Waals surface area contributed by atoms with E-state index in [9.17, 15) is 19.8 Å². The molecule has 0 aromatic heterocycles. The van der Waals surface area contributed by atoms with E-state index in [0.29, 0.717) is 19.4 Å². The van der Waals surface area contributed by atoms with Gasteiger partial charge in [0, 0.05) is 12.8 Å². The van der Waals surface area contributed by atoms with E-state index in [-0.39, 0.29) is 18.5 Å². The number of aliphatic hydroxyl groups excluding tert-OH is 2. The third-order valence-electron chi connectivity index (χ3n) is 13.8. The first-order chi connectivity index (χ1) is 32.0. The van der Waals surface area contributed by atoms with Crippen molar-refractivity contribution in [2.75, 3.05) is 13.2 Å². The molecule has 0 radical (unpaired) electrons. The van der Waals surface area contributed by atoms with Crippen LogP contribution in [-0.2, 0) is 14.3 Å². The van der Waals surface area contributed by atoms with Crippen LogP contribution in [-0.4, -0.2) is 47.4 Å². The first-order valence-corrected chi connectivity index (χ1v) is 29.5. The lowest BCUT2D eigenvalue weighted by molar-refractivity contribution is -0.143. The van der Waals surface area contributed by atoms with Gasteiger partial charge in [-0.25, -0.2) is 0 Å². The van der Waals surface area contributed by atoms with Gasteiger partial charge in [0.05, 0.1) is 25.4 Å². The maximum absolute atomic E-state index is 12.5. The van der Waals surface area contributed by atoms with Crippen molar-refractivity contribution in [3.05, 3.63) is 12.2 Å². The third-order valence-corrected chi connectivity index (χ3v) is 13.8. The van der Waals surface area contributed by atoms with Crippen LogP contribution in [0.15, 0.2) is 12.2 Å². The van der Waals surface area contributed by atoms with Crippen LogP contribution < -0.4 is 5.32 Å². The Hall–Kier alpha value is -1.40. The molecule has 0 aliphatic carbocycles. The number of rotatable bonds is 55. The summed E-state index contributed by atoms with van der Waals surface area (Å²) in [5, 5.41) is 23.2. The molecule has 0 aliphatic heterocycles.